The zero-order valence-electron chi connectivity index (χ0n) is 7.28. The summed E-state index contributed by atoms with van der Waals surface area (Å²) in [6.07, 6.45) is -0.593. The van der Waals surface area contributed by atoms with E-state index >= 15 is 0 Å². The van der Waals surface area contributed by atoms with Gasteiger partial charge in [0.05, 0.1) is 22.2 Å². The SMILES string of the molecule is OCC(CO)Oc1c(Br)cccc1Br. The third-order valence-corrected chi connectivity index (χ3v) is 2.86. The molecule has 0 aliphatic rings. The maximum absolute atomic E-state index is 8.85. The third-order valence-electron chi connectivity index (χ3n) is 1.61. The van der Waals surface area contributed by atoms with Crippen LogP contribution in [0, 0.1) is 0 Å². The maximum Gasteiger partial charge on any atom is 0.148 e. The fourth-order valence-corrected chi connectivity index (χ4v) is 2.08. The van der Waals surface area contributed by atoms with Gasteiger partial charge in [-0.15, -0.1) is 0 Å². The lowest BCUT2D eigenvalue weighted by molar-refractivity contribution is 0.0619. The lowest BCUT2D eigenvalue weighted by atomic mass is 10.3. The molecule has 14 heavy (non-hydrogen) atoms. The van der Waals surface area contributed by atoms with Crippen LogP contribution in [0.2, 0.25) is 0 Å². The Kier molecular flexibility index (Phi) is 4.88. The molecule has 0 bridgehead atoms. The normalized spacial score (nSPS) is 10.6. The van der Waals surface area contributed by atoms with E-state index in [1.54, 1.807) is 0 Å². The average Bonchev–Trinajstić information content (AvgIpc) is 2.18. The van der Waals surface area contributed by atoms with Gasteiger partial charge >= 0.3 is 0 Å². The van der Waals surface area contributed by atoms with Crippen LogP contribution in [0.4, 0.5) is 0 Å². The molecule has 0 saturated heterocycles. The molecule has 3 nitrogen and oxygen atoms in total. The Morgan fingerprint density at radius 3 is 2.07 bits per heavy atom. The minimum Gasteiger partial charge on any atom is -0.483 e. The fraction of sp³-hybridized carbons (Fsp3) is 0.333. The molecule has 0 radical (unpaired) electrons. The molecule has 0 fully saturated rings. The van der Waals surface area contributed by atoms with Crippen LogP contribution in [0.1, 0.15) is 0 Å². The first kappa shape index (κ1) is 12.0. The second kappa shape index (κ2) is 5.70. The number of aliphatic hydroxyl groups is 2. The van der Waals surface area contributed by atoms with Gasteiger partial charge in [0, 0.05) is 0 Å². The second-order valence-electron chi connectivity index (χ2n) is 2.66. The Labute approximate surface area is 99.0 Å². The molecule has 0 saturated carbocycles. The number of aliphatic hydroxyl groups excluding tert-OH is 2. The average molecular weight is 326 g/mol. The molecule has 2 N–H and O–H groups in total. The predicted octanol–water partition coefficient (Wildman–Crippen LogP) is 1.94. The van der Waals surface area contributed by atoms with E-state index < -0.39 is 6.10 Å². The summed E-state index contributed by atoms with van der Waals surface area (Å²) >= 11 is 6.63. The number of para-hydroxylation sites is 1. The van der Waals surface area contributed by atoms with Crippen LogP contribution >= 0.6 is 31.9 Å². The molecule has 0 unspecified atom stereocenters. The highest BCUT2D eigenvalue weighted by Crippen LogP contribution is 2.33. The van der Waals surface area contributed by atoms with Crippen molar-refractivity contribution in [3.05, 3.63) is 27.1 Å². The van der Waals surface area contributed by atoms with Crippen LogP contribution in [-0.4, -0.2) is 29.5 Å². The van der Waals surface area contributed by atoms with Gasteiger partial charge in [-0.1, -0.05) is 6.07 Å². The molecule has 0 heterocycles. The van der Waals surface area contributed by atoms with E-state index in [0.717, 1.165) is 8.95 Å². The summed E-state index contributed by atoms with van der Waals surface area (Å²) in [7, 11) is 0. The van der Waals surface area contributed by atoms with Gasteiger partial charge in [-0.05, 0) is 44.0 Å². The van der Waals surface area contributed by atoms with Crippen molar-refractivity contribution in [3.8, 4) is 5.75 Å². The Bertz CT molecular complexity index is 280. The largest absolute Gasteiger partial charge is 0.483 e. The first-order valence-corrected chi connectivity index (χ1v) is 5.60. The quantitative estimate of drug-likeness (QED) is 0.889. The van der Waals surface area contributed by atoms with Crippen molar-refractivity contribution in [2.75, 3.05) is 13.2 Å². The summed E-state index contributed by atoms with van der Waals surface area (Å²) in [5, 5.41) is 17.7. The molecule has 0 atom stereocenters. The van der Waals surface area contributed by atoms with Crippen LogP contribution < -0.4 is 4.74 Å². The Balaban J connectivity index is 2.84. The van der Waals surface area contributed by atoms with E-state index in [1.807, 2.05) is 18.2 Å². The summed E-state index contributed by atoms with van der Waals surface area (Å²) in [6, 6.07) is 5.51. The first-order valence-electron chi connectivity index (χ1n) is 4.01. The number of ether oxygens (including phenoxy) is 1. The third kappa shape index (κ3) is 2.95. The fourth-order valence-electron chi connectivity index (χ4n) is 0.894. The number of benzene rings is 1. The Morgan fingerprint density at radius 2 is 1.64 bits per heavy atom. The van der Waals surface area contributed by atoms with E-state index in [4.69, 9.17) is 14.9 Å². The van der Waals surface area contributed by atoms with Crippen molar-refractivity contribution in [2.24, 2.45) is 0 Å². The van der Waals surface area contributed by atoms with Crippen molar-refractivity contribution >= 4 is 31.9 Å². The van der Waals surface area contributed by atoms with Gasteiger partial charge < -0.3 is 14.9 Å². The summed E-state index contributed by atoms with van der Waals surface area (Å²) in [5.41, 5.74) is 0. The molecular weight excluding hydrogens is 316 g/mol. The van der Waals surface area contributed by atoms with E-state index in [9.17, 15) is 0 Å². The highest BCUT2D eigenvalue weighted by molar-refractivity contribution is 9.11. The van der Waals surface area contributed by atoms with Crippen LogP contribution in [0.3, 0.4) is 0 Å². The zero-order chi connectivity index (χ0) is 10.6. The first-order chi connectivity index (χ1) is 6.69. The van der Waals surface area contributed by atoms with Crippen molar-refractivity contribution in [3.63, 3.8) is 0 Å². The van der Waals surface area contributed by atoms with Gasteiger partial charge in [-0.2, -0.15) is 0 Å². The minimum absolute atomic E-state index is 0.218. The number of halogens is 2. The van der Waals surface area contributed by atoms with Crippen LogP contribution in [0.15, 0.2) is 27.1 Å². The molecule has 1 rings (SSSR count). The molecular formula is C9H10Br2O3. The van der Waals surface area contributed by atoms with E-state index in [0.29, 0.717) is 5.75 Å². The zero-order valence-corrected chi connectivity index (χ0v) is 10.5. The molecule has 5 heteroatoms. The Hall–Kier alpha value is -0.100. The minimum atomic E-state index is -0.593. The highest BCUT2D eigenvalue weighted by atomic mass is 79.9. The molecule has 0 aliphatic heterocycles. The number of hydrogen-bond donors (Lipinski definition) is 2. The second-order valence-corrected chi connectivity index (χ2v) is 4.36. The van der Waals surface area contributed by atoms with E-state index in [-0.39, 0.29) is 13.2 Å². The van der Waals surface area contributed by atoms with Crippen molar-refractivity contribution in [1.29, 1.82) is 0 Å². The van der Waals surface area contributed by atoms with Gasteiger partial charge in [-0.3, -0.25) is 0 Å². The molecule has 1 aromatic rings. The van der Waals surface area contributed by atoms with Crippen LogP contribution in [0.25, 0.3) is 0 Å². The monoisotopic (exact) mass is 324 g/mol. The van der Waals surface area contributed by atoms with Gasteiger partial charge in [0.25, 0.3) is 0 Å². The molecule has 0 aromatic heterocycles. The standard InChI is InChI=1S/C9H10Br2O3/c10-7-2-1-3-8(11)9(7)14-6(4-12)5-13/h1-3,6,12-13H,4-5H2. The molecule has 0 aliphatic carbocycles. The smallest absolute Gasteiger partial charge is 0.148 e. The lowest BCUT2D eigenvalue weighted by Crippen LogP contribution is -2.25. The van der Waals surface area contributed by atoms with Crippen LogP contribution in [-0.2, 0) is 0 Å². The molecule has 0 spiro atoms. The van der Waals surface area contributed by atoms with Crippen LogP contribution in [0.5, 0.6) is 5.75 Å². The summed E-state index contributed by atoms with van der Waals surface area (Å²) in [4.78, 5) is 0. The molecule has 1 aromatic carbocycles. The summed E-state index contributed by atoms with van der Waals surface area (Å²) in [5.74, 6) is 0.584. The highest BCUT2D eigenvalue weighted by Gasteiger charge is 2.12. The molecule has 0 amide bonds. The van der Waals surface area contributed by atoms with Crippen molar-refractivity contribution in [2.45, 2.75) is 6.10 Å². The van der Waals surface area contributed by atoms with Gasteiger partial charge in [0.1, 0.15) is 11.9 Å². The predicted molar refractivity (Wildman–Crippen MR) is 60.4 cm³/mol. The van der Waals surface area contributed by atoms with E-state index in [1.165, 1.54) is 0 Å². The maximum atomic E-state index is 8.85. The summed E-state index contributed by atoms with van der Waals surface area (Å²) < 4.78 is 6.93. The van der Waals surface area contributed by atoms with Gasteiger partial charge in [0.2, 0.25) is 0 Å². The summed E-state index contributed by atoms with van der Waals surface area (Å²) in [6.45, 7) is -0.436. The van der Waals surface area contributed by atoms with Gasteiger partial charge in [-0.25, -0.2) is 0 Å². The van der Waals surface area contributed by atoms with Gasteiger partial charge in [0.15, 0.2) is 0 Å². The Morgan fingerprint density at radius 1 is 1.14 bits per heavy atom. The van der Waals surface area contributed by atoms with E-state index in [2.05, 4.69) is 31.9 Å². The topological polar surface area (TPSA) is 49.7 Å². The number of rotatable bonds is 4. The van der Waals surface area contributed by atoms with Crippen molar-refractivity contribution < 1.29 is 14.9 Å². The molecule has 78 valence electrons. The number of hydrogen-bond acceptors (Lipinski definition) is 3. The van der Waals surface area contributed by atoms with Crippen molar-refractivity contribution in [1.82, 2.24) is 0 Å². The lowest BCUT2D eigenvalue weighted by Gasteiger charge is -2.16.